The Hall–Kier alpha value is -3.47. The molecular formula is C24H23N3O2. The fourth-order valence-corrected chi connectivity index (χ4v) is 3.91. The number of amides is 2. The van der Waals surface area contributed by atoms with Crippen molar-refractivity contribution in [1.82, 2.24) is 9.88 Å². The molecule has 5 nitrogen and oxygen atoms in total. The molecule has 0 saturated carbocycles. The quantitative estimate of drug-likeness (QED) is 0.740. The third-order valence-electron chi connectivity index (χ3n) is 5.45. The highest BCUT2D eigenvalue weighted by molar-refractivity contribution is 5.94. The third-order valence-corrected chi connectivity index (χ3v) is 5.45. The van der Waals surface area contributed by atoms with Gasteiger partial charge in [0.25, 0.3) is 0 Å². The van der Waals surface area contributed by atoms with Gasteiger partial charge in [-0.15, -0.1) is 0 Å². The molecule has 1 fully saturated rings. The van der Waals surface area contributed by atoms with Gasteiger partial charge in [0.15, 0.2) is 0 Å². The Morgan fingerprint density at radius 1 is 0.966 bits per heavy atom. The Kier molecular flexibility index (Phi) is 5.38. The Morgan fingerprint density at radius 2 is 1.76 bits per heavy atom. The van der Waals surface area contributed by atoms with E-state index < -0.39 is 0 Å². The number of benzene rings is 2. The van der Waals surface area contributed by atoms with Crippen molar-refractivity contribution < 1.29 is 9.59 Å². The van der Waals surface area contributed by atoms with E-state index in [0.717, 1.165) is 22.4 Å². The summed E-state index contributed by atoms with van der Waals surface area (Å²) in [5, 5.41) is 3.06. The van der Waals surface area contributed by atoms with Crippen molar-refractivity contribution in [3.8, 4) is 11.1 Å². The van der Waals surface area contributed by atoms with E-state index in [2.05, 4.69) is 10.3 Å². The van der Waals surface area contributed by atoms with Crippen LogP contribution in [0.1, 0.15) is 18.4 Å². The second-order valence-corrected chi connectivity index (χ2v) is 7.36. The summed E-state index contributed by atoms with van der Waals surface area (Å²) in [6.45, 7) is 2.55. The Morgan fingerprint density at radius 3 is 2.48 bits per heavy atom. The highest BCUT2D eigenvalue weighted by Gasteiger charge is 2.39. The summed E-state index contributed by atoms with van der Waals surface area (Å²) < 4.78 is 0. The number of aromatic nitrogens is 1. The fourth-order valence-electron chi connectivity index (χ4n) is 3.91. The van der Waals surface area contributed by atoms with Gasteiger partial charge in [-0.25, -0.2) is 0 Å². The lowest BCUT2D eigenvalue weighted by Crippen LogP contribution is -2.30. The van der Waals surface area contributed by atoms with Crippen molar-refractivity contribution in [2.24, 2.45) is 5.92 Å². The maximum Gasteiger partial charge on any atom is 0.229 e. The van der Waals surface area contributed by atoms with Crippen LogP contribution in [-0.2, 0) is 9.59 Å². The van der Waals surface area contributed by atoms with E-state index in [9.17, 15) is 9.59 Å². The largest absolute Gasteiger partial charge is 0.341 e. The Bertz CT molecular complexity index is 1000. The summed E-state index contributed by atoms with van der Waals surface area (Å²) in [4.78, 5) is 31.0. The molecule has 2 amide bonds. The molecule has 0 radical (unpaired) electrons. The minimum absolute atomic E-state index is 0.000180. The standard InChI is InChI=1S/C24H23N3O2/c1-17(28)27-15-22(18-7-3-2-4-8-18)23(16-27)24(29)26-21-11-5-9-19(13-21)20-10-6-12-25-14-20/h2-14,22-23H,15-16H2,1H3,(H,26,29). The van der Waals surface area contributed by atoms with E-state index >= 15 is 0 Å². The monoisotopic (exact) mass is 385 g/mol. The van der Waals surface area contributed by atoms with Gasteiger partial charge in [0.1, 0.15) is 0 Å². The average molecular weight is 385 g/mol. The van der Waals surface area contributed by atoms with Gasteiger partial charge in [0, 0.05) is 49.6 Å². The minimum atomic E-state index is -0.289. The maximum absolute atomic E-state index is 13.2. The van der Waals surface area contributed by atoms with Crippen LogP contribution in [-0.4, -0.2) is 34.8 Å². The highest BCUT2D eigenvalue weighted by atomic mass is 16.2. The Labute approximate surface area is 170 Å². The molecule has 0 bridgehead atoms. The molecular weight excluding hydrogens is 362 g/mol. The van der Waals surface area contributed by atoms with Gasteiger partial charge in [-0.2, -0.15) is 0 Å². The summed E-state index contributed by atoms with van der Waals surface area (Å²) in [5.41, 5.74) is 3.81. The topological polar surface area (TPSA) is 62.3 Å². The maximum atomic E-state index is 13.2. The average Bonchev–Trinajstić information content (AvgIpc) is 3.21. The van der Waals surface area contributed by atoms with Crippen molar-refractivity contribution in [2.45, 2.75) is 12.8 Å². The molecule has 2 aromatic carbocycles. The SMILES string of the molecule is CC(=O)N1CC(C(=O)Nc2cccc(-c3cccnc3)c2)C(c2ccccc2)C1. The van der Waals surface area contributed by atoms with Crippen molar-refractivity contribution in [3.05, 3.63) is 84.7 Å². The molecule has 0 aliphatic carbocycles. The van der Waals surface area contributed by atoms with Crippen LogP contribution in [0.5, 0.6) is 0 Å². The molecule has 0 spiro atoms. The summed E-state index contributed by atoms with van der Waals surface area (Å²) in [6.07, 6.45) is 3.54. The number of nitrogens with one attached hydrogen (secondary N) is 1. The molecule has 2 heterocycles. The summed E-state index contributed by atoms with van der Waals surface area (Å²) >= 11 is 0. The fraction of sp³-hybridized carbons (Fsp3) is 0.208. The van der Waals surface area contributed by atoms with Crippen LogP contribution < -0.4 is 5.32 Å². The molecule has 1 aliphatic heterocycles. The number of carbonyl (C=O) groups is 2. The van der Waals surface area contributed by atoms with E-state index in [1.165, 1.54) is 0 Å². The minimum Gasteiger partial charge on any atom is -0.341 e. The van der Waals surface area contributed by atoms with Crippen LogP contribution in [0.4, 0.5) is 5.69 Å². The summed E-state index contributed by atoms with van der Waals surface area (Å²) in [5.74, 6) is -0.365. The molecule has 146 valence electrons. The van der Waals surface area contributed by atoms with Crippen LogP contribution in [0.3, 0.4) is 0 Å². The molecule has 29 heavy (non-hydrogen) atoms. The van der Waals surface area contributed by atoms with E-state index in [-0.39, 0.29) is 23.7 Å². The van der Waals surface area contributed by atoms with Gasteiger partial charge >= 0.3 is 0 Å². The molecule has 1 aromatic heterocycles. The second-order valence-electron chi connectivity index (χ2n) is 7.36. The van der Waals surface area contributed by atoms with Gasteiger partial charge in [-0.3, -0.25) is 14.6 Å². The van der Waals surface area contributed by atoms with Crippen LogP contribution in [0.25, 0.3) is 11.1 Å². The highest BCUT2D eigenvalue weighted by Crippen LogP contribution is 2.34. The number of hydrogen-bond donors (Lipinski definition) is 1. The predicted molar refractivity (Wildman–Crippen MR) is 113 cm³/mol. The van der Waals surface area contributed by atoms with Crippen LogP contribution in [0.2, 0.25) is 0 Å². The van der Waals surface area contributed by atoms with Gasteiger partial charge in [-0.05, 0) is 29.3 Å². The zero-order valence-electron chi connectivity index (χ0n) is 16.3. The predicted octanol–water partition coefficient (Wildman–Crippen LogP) is 3.95. The van der Waals surface area contributed by atoms with E-state index in [1.807, 2.05) is 66.7 Å². The van der Waals surface area contributed by atoms with Crippen LogP contribution in [0.15, 0.2) is 79.1 Å². The summed E-state index contributed by atoms with van der Waals surface area (Å²) in [7, 11) is 0. The number of rotatable bonds is 4. The third kappa shape index (κ3) is 4.19. The van der Waals surface area contributed by atoms with E-state index in [0.29, 0.717) is 13.1 Å². The molecule has 5 heteroatoms. The van der Waals surface area contributed by atoms with Crippen LogP contribution in [0, 0.1) is 5.92 Å². The lowest BCUT2D eigenvalue weighted by molar-refractivity contribution is -0.128. The first-order valence-electron chi connectivity index (χ1n) is 9.73. The molecule has 1 aliphatic rings. The first-order chi connectivity index (χ1) is 14.1. The number of carbonyl (C=O) groups excluding carboxylic acids is 2. The molecule has 1 saturated heterocycles. The first kappa shape index (κ1) is 18.9. The van der Waals surface area contributed by atoms with Crippen molar-refractivity contribution in [2.75, 3.05) is 18.4 Å². The lowest BCUT2D eigenvalue weighted by atomic mass is 9.88. The zero-order chi connectivity index (χ0) is 20.2. The van der Waals surface area contributed by atoms with Crippen molar-refractivity contribution in [1.29, 1.82) is 0 Å². The smallest absolute Gasteiger partial charge is 0.229 e. The van der Waals surface area contributed by atoms with E-state index in [1.54, 1.807) is 24.2 Å². The number of anilines is 1. The zero-order valence-corrected chi connectivity index (χ0v) is 16.3. The number of hydrogen-bond acceptors (Lipinski definition) is 3. The molecule has 4 rings (SSSR count). The second kappa shape index (κ2) is 8.27. The number of pyridine rings is 1. The molecule has 2 unspecified atom stereocenters. The molecule has 2 atom stereocenters. The van der Waals surface area contributed by atoms with E-state index in [4.69, 9.17) is 0 Å². The number of nitrogens with zero attached hydrogens (tertiary/aromatic N) is 2. The lowest BCUT2D eigenvalue weighted by Gasteiger charge is -2.18. The number of likely N-dealkylation sites (tertiary alicyclic amines) is 1. The van der Waals surface area contributed by atoms with Gasteiger partial charge in [0.2, 0.25) is 11.8 Å². The Balaban J connectivity index is 1.56. The van der Waals surface area contributed by atoms with Crippen molar-refractivity contribution in [3.63, 3.8) is 0 Å². The van der Waals surface area contributed by atoms with Gasteiger partial charge in [-0.1, -0.05) is 48.5 Å². The first-order valence-corrected chi connectivity index (χ1v) is 9.73. The van der Waals surface area contributed by atoms with Crippen LogP contribution >= 0.6 is 0 Å². The normalized spacial score (nSPS) is 18.4. The van der Waals surface area contributed by atoms with Crippen molar-refractivity contribution >= 4 is 17.5 Å². The van der Waals surface area contributed by atoms with Gasteiger partial charge < -0.3 is 10.2 Å². The molecule has 3 aromatic rings. The molecule has 1 N–H and O–H groups in total. The summed E-state index contributed by atoms with van der Waals surface area (Å²) in [6, 6.07) is 21.6. The van der Waals surface area contributed by atoms with Gasteiger partial charge in [0.05, 0.1) is 5.92 Å².